The molecule has 0 N–H and O–H groups in total. The van der Waals surface area contributed by atoms with Gasteiger partial charge in [-0.1, -0.05) is 44.0 Å². The maximum Gasteiger partial charge on any atom is 0.0753 e. The molecule has 0 aliphatic heterocycles. The molecule has 90 valence electrons. The van der Waals surface area contributed by atoms with Gasteiger partial charge in [0.2, 0.25) is 0 Å². The van der Waals surface area contributed by atoms with Crippen LogP contribution in [0.3, 0.4) is 0 Å². The average Bonchev–Trinajstić information content (AvgIpc) is 2.58. The van der Waals surface area contributed by atoms with E-state index in [1.54, 1.807) is 11.3 Å². The summed E-state index contributed by atoms with van der Waals surface area (Å²) in [6.07, 6.45) is 0.973. The Morgan fingerprint density at radius 1 is 1.12 bits per heavy atom. The summed E-state index contributed by atoms with van der Waals surface area (Å²) < 4.78 is 3.46. The van der Waals surface area contributed by atoms with Crippen molar-refractivity contribution in [2.75, 3.05) is 0 Å². The largest absolute Gasteiger partial charge is 0.121 e. The van der Waals surface area contributed by atoms with Gasteiger partial charge in [-0.25, -0.2) is 0 Å². The minimum atomic E-state index is 0.328. The fourth-order valence-corrected chi connectivity index (χ4v) is 6.16. The molecule has 0 bridgehead atoms. The molecule has 0 radical (unpaired) electrons. The Balaban J connectivity index is 2.16. The summed E-state index contributed by atoms with van der Waals surface area (Å²) in [6, 6.07) is 10.6. The molecule has 0 amide bonds. The highest BCUT2D eigenvalue weighted by Crippen LogP contribution is 2.40. The fraction of sp³-hybridized carbons (Fsp3) is 0.167. The topological polar surface area (TPSA) is 0 Å². The first-order valence-electron chi connectivity index (χ1n) is 4.89. The number of thiophene rings is 1. The van der Waals surface area contributed by atoms with E-state index in [0.29, 0.717) is 4.83 Å². The zero-order valence-corrected chi connectivity index (χ0v) is 15.8. The van der Waals surface area contributed by atoms with Gasteiger partial charge in [-0.05, 0) is 67.6 Å². The van der Waals surface area contributed by atoms with Crippen molar-refractivity contribution >= 4 is 75.1 Å². The third kappa shape index (κ3) is 3.90. The molecule has 1 aromatic heterocycles. The summed E-state index contributed by atoms with van der Waals surface area (Å²) in [7, 11) is 0. The lowest BCUT2D eigenvalue weighted by Crippen LogP contribution is -1.94. The molecule has 1 heterocycles. The third-order valence-corrected chi connectivity index (χ3v) is 6.02. The molecule has 2 aromatic rings. The summed E-state index contributed by atoms with van der Waals surface area (Å²) in [5.41, 5.74) is 2.61. The average molecular weight is 504 g/mol. The van der Waals surface area contributed by atoms with Crippen LogP contribution >= 0.6 is 75.1 Å². The molecule has 0 nitrogen and oxygen atoms in total. The molecule has 5 heteroatoms. The lowest BCUT2D eigenvalue weighted by atomic mass is 10.1. The Labute approximate surface area is 138 Å². The smallest absolute Gasteiger partial charge is 0.0753 e. The standard InChI is InChI=1S/C12H8Br4S/c13-8-3-1-2-7(4-8)5-10(14)9-6-11(15)17-12(9)16/h1-4,6,10H,5H2. The van der Waals surface area contributed by atoms with E-state index in [1.807, 2.05) is 6.07 Å². The van der Waals surface area contributed by atoms with Crippen LogP contribution in [-0.2, 0) is 6.42 Å². The molecule has 0 saturated carbocycles. The first-order valence-corrected chi connectivity index (χ1v) is 9.00. The first-order chi connectivity index (χ1) is 8.06. The quantitative estimate of drug-likeness (QED) is 0.408. The second-order valence-electron chi connectivity index (χ2n) is 3.58. The van der Waals surface area contributed by atoms with Crippen LogP contribution in [0.1, 0.15) is 16.0 Å². The number of rotatable bonds is 3. The van der Waals surface area contributed by atoms with Crippen LogP contribution in [0.4, 0.5) is 0 Å². The molecule has 1 aromatic carbocycles. The fourth-order valence-electron chi connectivity index (χ4n) is 1.55. The van der Waals surface area contributed by atoms with E-state index in [4.69, 9.17) is 0 Å². The predicted molar refractivity (Wildman–Crippen MR) is 89.2 cm³/mol. The van der Waals surface area contributed by atoms with Gasteiger partial charge in [-0.3, -0.25) is 0 Å². The zero-order valence-electron chi connectivity index (χ0n) is 8.59. The molecule has 1 atom stereocenters. The van der Waals surface area contributed by atoms with Crippen LogP contribution < -0.4 is 0 Å². The van der Waals surface area contributed by atoms with E-state index in [9.17, 15) is 0 Å². The van der Waals surface area contributed by atoms with Crippen molar-refractivity contribution in [3.05, 3.63) is 53.5 Å². The van der Waals surface area contributed by atoms with Crippen LogP contribution in [0.15, 0.2) is 42.4 Å². The molecule has 2 rings (SSSR count). The Hall–Kier alpha value is 0.840. The number of hydrogen-bond acceptors (Lipinski definition) is 1. The maximum atomic E-state index is 3.75. The van der Waals surface area contributed by atoms with Crippen molar-refractivity contribution in [3.8, 4) is 0 Å². The molecule has 1 unspecified atom stereocenters. The summed E-state index contributed by atoms with van der Waals surface area (Å²) in [5, 5.41) is 0. The summed E-state index contributed by atoms with van der Waals surface area (Å²) >= 11 is 16.1. The number of benzene rings is 1. The van der Waals surface area contributed by atoms with Gasteiger partial charge in [0.15, 0.2) is 0 Å². The molecular weight excluding hydrogens is 496 g/mol. The Bertz CT molecular complexity index is 521. The van der Waals surface area contributed by atoms with E-state index in [0.717, 1.165) is 14.7 Å². The predicted octanol–water partition coefficient (Wildman–Crippen LogP) is 6.71. The minimum absolute atomic E-state index is 0.328. The lowest BCUT2D eigenvalue weighted by Gasteiger charge is -2.09. The second-order valence-corrected chi connectivity index (χ2v) is 9.35. The van der Waals surface area contributed by atoms with E-state index >= 15 is 0 Å². The maximum absolute atomic E-state index is 3.75. The van der Waals surface area contributed by atoms with Crippen LogP contribution in [0.5, 0.6) is 0 Å². The summed E-state index contributed by atoms with van der Waals surface area (Å²) in [6.45, 7) is 0. The molecular formula is C12H8Br4S. The van der Waals surface area contributed by atoms with Gasteiger partial charge in [-0.15, -0.1) is 11.3 Å². The highest BCUT2D eigenvalue weighted by Gasteiger charge is 2.15. The van der Waals surface area contributed by atoms with Crippen molar-refractivity contribution in [1.29, 1.82) is 0 Å². The van der Waals surface area contributed by atoms with Gasteiger partial charge in [0.1, 0.15) is 0 Å². The van der Waals surface area contributed by atoms with Gasteiger partial charge in [0.25, 0.3) is 0 Å². The molecule has 0 aliphatic rings. The second kappa shape index (κ2) is 6.33. The highest BCUT2D eigenvalue weighted by molar-refractivity contribution is 9.12. The number of hydrogen-bond donors (Lipinski definition) is 0. The van der Waals surface area contributed by atoms with Crippen molar-refractivity contribution in [3.63, 3.8) is 0 Å². The van der Waals surface area contributed by atoms with Gasteiger partial charge < -0.3 is 0 Å². The normalized spacial score (nSPS) is 12.7. The van der Waals surface area contributed by atoms with Gasteiger partial charge in [0.05, 0.1) is 7.57 Å². The van der Waals surface area contributed by atoms with E-state index in [-0.39, 0.29) is 0 Å². The van der Waals surface area contributed by atoms with E-state index in [2.05, 4.69) is 88.0 Å². The molecule has 17 heavy (non-hydrogen) atoms. The Morgan fingerprint density at radius 2 is 1.88 bits per heavy atom. The van der Waals surface area contributed by atoms with Gasteiger partial charge in [0, 0.05) is 9.30 Å². The van der Waals surface area contributed by atoms with Gasteiger partial charge >= 0.3 is 0 Å². The highest BCUT2D eigenvalue weighted by atomic mass is 79.9. The van der Waals surface area contributed by atoms with Crippen molar-refractivity contribution < 1.29 is 0 Å². The monoisotopic (exact) mass is 500 g/mol. The van der Waals surface area contributed by atoms with E-state index < -0.39 is 0 Å². The SMILES string of the molecule is Brc1cccc(CC(Br)c2cc(Br)sc2Br)c1. The summed E-state index contributed by atoms with van der Waals surface area (Å²) in [5.74, 6) is 0. The molecule has 0 fully saturated rings. The zero-order chi connectivity index (χ0) is 12.4. The third-order valence-electron chi connectivity index (χ3n) is 2.32. The van der Waals surface area contributed by atoms with Crippen LogP contribution in [-0.4, -0.2) is 0 Å². The van der Waals surface area contributed by atoms with Crippen molar-refractivity contribution in [2.45, 2.75) is 11.2 Å². The lowest BCUT2D eigenvalue weighted by molar-refractivity contribution is 0.949. The van der Waals surface area contributed by atoms with Gasteiger partial charge in [-0.2, -0.15) is 0 Å². The minimum Gasteiger partial charge on any atom is -0.121 e. The molecule has 0 saturated heterocycles. The van der Waals surface area contributed by atoms with Crippen molar-refractivity contribution in [1.82, 2.24) is 0 Å². The van der Waals surface area contributed by atoms with Crippen molar-refractivity contribution in [2.24, 2.45) is 0 Å². The van der Waals surface area contributed by atoms with E-state index in [1.165, 1.54) is 14.9 Å². The Morgan fingerprint density at radius 3 is 2.47 bits per heavy atom. The molecule has 0 aliphatic carbocycles. The first kappa shape index (κ1) is 14.3. The van der Waals surface area contributed by atoms with Crippen LogP contribution in [0, 0.1) is 0 Å². The van der Waals surface area contributed by atoms with Crippen LogP contribution in [0.2, 0.25) is 0 Å². The Kier molecular flexibility index (Phi) is 5.31. The number of halogens is 4. The number of alkyl halides is 1. The van der Waals surface area contributed by atoms with Crippen LogP contribution in [0.25, 0.3) is 0 Å². The molecule has 0 spiro atoms. The summed E-state index contributed by atoms with van der Waals surface area (Å²) in [4.78, 5) is 0.328.